The third-order valence-corrected chi connectivity index (χ3v) is 4.75. The van der Waals surface area contributed by atoms with Gasteiger partial charge in [-0.25, -0.2) is 4.39 Å². The van der Waals surface area contributed by atoms with E-state index < -0.39 is 11.7 Å². The Kier molecular flexibility index (Phi) is 6.54. The predicted molar refractivity (Wildman–Crippen MR) is 102 cm³/mol. The first-order valence-corrected chi connectivity index (χ1v) is 9.23. The van der Waals surface area contributed by atoms with Crippen LogP contribution >= 0.6 is 0 Å². The van der Waals surface area contributed by atoms with Gasteiger partial charge in [0.1, 0.15) is 5.82 Å². The first-order valence-electron chi connectivity index (χ1n) is 9.23. The molecule has 2 amide bonds. The van der Waals surface area contributed by atoms with E-state index in [0.717, 1.165) is 19.2 Å². The Bertz CT molecular complexity index is 776. The molecule has 142 valence electrons. The van der Waals surface area contributed by atoms with Gasteiger partial charge in [0.2, 0.25) is 5.91 Å². The minimum absolute atomic E-state index is 0.122. The molecule has 1 aliphatic heterocycles. The van der Waals surface area contributed by atoms with Crippen molar-refractivity contribution in [3.63, 3.8) is 0 Å². The molecule has 0 aliphatic carbocycles. The van der Waals surface area contributed by atoms with E-state index in [1.807, 2.05) is 18.2 Å². The topological polar surface area (TPSA) is 61.4 Å². The molecule has 27 heavy (non-hydrogen) atoms. The number of carbonyl (C=O) groups excluding carboxylic acids is 2. The number of rotatable bonds is 7. The number of amides is 2. The van der Waals surface area contributed by atoms with Gasteiger partial charge in [0, 0.05) is 12.1 Å². The van der Waals surface area contributed by atoms with E-state index in [9.17, 15) is 14.0 Å². The highest BCUT2D eigenvalue weighted by Crippen LogP contribution is 2.24. The summed E-state index contributed by atoms with van der Waals surface area (Å²) in [5.74, 6) is -1.22. The second-order valence-corrected chi connectivity index (χ2v) is 6.67. The fourth-order valence-corrected chi connectivity index (χ4v) is 3.35. The molecule has 1 aliphatic rings. The Labute approximate surface area is 158 Å². The smallest absolute Gasteiger partial charge is 0.251 e. The summed E-state index contributed by atoms with van der Waals surface area (Å²) in [6.45, 7) is 2.38. The Morgan fingerprint density at radius 3 is 2.44 bits per heavy atom. The summed E-state index contributed by atoms with van der Waals surface area (Å²) in [7, 11) is 0. The highest BCUT2D eigenvalue weighted by Gasteiger charge is 2.23. The lowest BCUT2D eigenvalue weighted by atomic mass is 10.1. The third-order valence-electron chi connectivity index (χ3n) is 4.75. The summed E-state index contributed by atoms with van der Waals surface area (Å²) >= 11 is 0. The van der Waals surface area contributed by atoms with Gasteiger partial charge in [0.15, 0.2) is 0 Å². The lowest BCUT2D eigenvalue weighted by Gasteiger charge is -2.28. The summed E-state index contributed by atoms with van der Waals surface area (Å²) in [6, 6.07) is 15.6. The van der Waals surface area contributed by atoms with Crippen molar-refractivity contribution in [2.24, 2.45) is 0 Å². The van der Waals surface area contributed by atoms with Crippen LogP contribution in [0.5, 0.6) is 0 Å². The number of nitrogens with one attached hydrogen (secondary N) is 2. The van der Waals surface area contributed by atoms with Gasteiger partial charge in [-0.1, -0.05) is 36.4 Å². The maximum absolute atomic E-state index is 13.2. The molecule has 0 bridgehead atoms. The number of hydrogen-bond acceptors (Lipinski definition) is 3. The van der Waals surface area contributed by atoms with Crippen LogP contribution in [0.3, 0.4) is 0 Å². The SMILES string of the molecule is O=C(CNC(=O)c1cccc(F)c1)NCC(c1ccccc1)N1CCCC1. The van der Waals surface area contributed by atoms with Gasteiger partial charge in [-0.05, 0) is 49.7 Å². The normalized spacial score (nSPS) is 15.3. The van der Waals surface area contributed by atoms with Crippen molar-refractivity contribution >= 4 is 11.8 Å². The minimum atomic E-state index is -0.483. The molecule has 1 unspecified atom stereocenters. The molecule has 0 spiro atoms. The molecule has 3 rings (SSSR count). The van der Waals surface area contributed by atoms with Crippen LogP contribution in [0.15, 0.2) is 54.6 Å². The van der Waals surface area contributed by atoms with Crippen molar-refractivity contribution in [1.29, 1.82) is 0 Å². The summed E-state index contributed by atoms with van der Waals surface area (Å²) in [6.07, 6.45) is 2.34. The van der Waals surface area contributed by atoms with Crippen LogP contribution in [0.4, 0.5) is 4.39 Å². The molecule has 5 nitrogen and oxygen atoms in total. The van der Waals surface area contributed by atoms with Gasteiger partial charge in [0.25, 0.3) is 5.91 Å². The van der Waals surface area contributed by atoms with Crippen LogP contribution in [0, 0.1) is 5.82 Å². The average Bonchev–Trinajstić information content (AvgIpc) is 3.21. The standard InChI is InChI=1S/C21H24FN3O2/c22-18-10-6-9-17(13-18)21(27)24-15-20(26)23-14-19(25-11-4-5-12-25)16-7-2-1-3-8-16/h1-3,6-10,13,19H,4-5,11-12,14-15H2,(H,23,26)(H,24,27). The lowest BCUT2D eigenvalue weighted by molar-refractivity contribution is -0.120. The first-order chi connectivity index (χ1) is 13.1. The molecular formula is C21H24FN3O2. The summed E-state index contributed by atoms with van der Waals surface area (Å²) in [5.41, 5.74) is 1.37. The van der Waals surface area contributed by atoms with Crippen LogP contribution < -0.4 is 10.6 Å². The van der Waals surface area contributed by atoms with E-state index in [1.54, 1.807) is 0 Å². The molecule has 0 saturated carbocycles. The van der Waals surface area contributed by atoms with Gasteiger partial charge in [-0.3, -0.25) is 14.5 Å². The van der Waals surface area contributed by atoms with Crippen LogP contribution in [0.2, 0.25) is 0 Å². The molecule has 0 radical (unpaired) electrons. The Balaban J connectivity index is 1.52. The van der Waals surface area contributed by atoms with Crippen molar-refractivity contribution in [2.45, 2.75) is 18.9 Å². The molecule has 1 fully saturated rings. The van der Waals surface area contributed by atoms with Crippen molar-refractivity contribution in [3.05, 3.63) is 71.5 Å². The average molecular weight is 369 g/mol. The van der Waals surface area contributed by atoms with Crippen LogP contribution in [-0.2, 0) is 4.79 Å². The first kappa shape index (κ1) is 19.0. The van der Waals surface area contributed by atoms with Gasteiger partial charge >= 0.3 is 0 Å². The molecule has 2 aromatic rings. The number of hydrogen-bond donors (Lipinski definition) is 2. The highest BCUT2D eigenvalue weighted by atomic mass is 19.1. The quantitative estimate of drug-likeness (QED) is 0.788. The van der Waals surface area contributed by atoms with Crippen LogP contribution in [-0.4, -0.2) is 42.9 Å². The van der Waals surface area contributed by atoms with Crippen molar-refractivity contribution in [3.8, 4) is 0 Å². The van der Waals surface area contributed by atoms with Crippen LogP contribution in [0.25, 0.3) is 0 Å². The minimum Gasteiger partial charge on any atom is -0.353 e. The van der Waals surface area contributed by atoms with Crippen LogP contribution in [0.1, 0.15) is 34.8 Å². The van der Waals surface area contributed by atoms with E-state index >= 15 is 0 Å². The highest BCUT2D eigenvalue weighted by molar-refractivity contribution is 5.96. The van der Waals surface area contributed by atoms with Gasteiger partial charge in [0.05, 0.1) is 12.6 Å². The van der Waals surface area contributed by atoms with E-state index in [-0.39, 0.29) is 24.1 Å². The second kappa shape index (κ2) is 9.28. The zero-order chi connectivity index (χ0) is 19.1. The summed E-state index contributed by atoms with van der Waals surface area (Å²) < 4.78 is 13.2. The fourth-order valence-electron chi connectivity index (χ4n) is 3.35. The van der Waals surface area contributed by atoms with Crippen molar-refractivity contribution in [2.75, 3.05) is 26.2 Å². The van der Waals surface area contributed by atoms with E-state index in [4.69, 9.17) is 0 Å². The summed E-state index contributed by atoms with van der Waals surface area (Å²) in [5, 5.41) is 5.43. The number of benzene rings is 2. The molecule has 2 aromatic carbocycles. The lowest BCUT2D eigenvalue weighted by Crippen LogP contribution is -2.41. The van der Waals surface area contributed by atoms with Crippen molar-refractivity contribution in [1.82, 2.24) is 15.5 Å². The van der Waals surface area contributed by atoms with Gasteiger partial charge in [-0.15, -0.1) is 0 Å². The molecule has 1 atom stereocenters. The maximum Gasteiger partial charge on any atom is 0.251 e. The zero-order valence-corrected chi connectivity index (χ0v) is 15.2. The molecule has 1 heterocycles. The largest absolute Gasteiger partial charge is 0.353 e. The van der Waals surface area contributed by atoms with Gasteiger partial charge < -0.3 is 10.6 Å². The molecular weight excluding hydrogens is 345 g/mol. The number of nitrogens with zero attached hydrogens (tertiary/aromatic N) is 1. The van der Waals surface area contributed by atoms with Gasteiger partial charge in [-0.2, -0.15) is 0 Å². The van der Waals surface area contributed by atoms with E-state index in [1.165, 1.54) is 36.6 Å². The molecule has 0 aromatic heterocycles. The number of halogens is 1. The maximum atomic E-state index is 13.2. The Morgan fingerprint density at radius 1 is 1.00 bits per heavy atom. The monoisotopic (exact) mass is 369 g/mol. The second-order valence-electron chi connectivity index (χ2n) is 6.67. The number of likely N-dealkylation sites (tertiary alicyclic amines) is 1. The predicted octanol–water partition coefficient (Wildman–Crippen LogP) is 2.51. The fraction of sp³-hybridized carbons (Fsp3) is 0.333. The zero-order valence-electron chi connectivity index (χ0n) is 15.2. The number of carbonyl (C=O) groups is 2. The molecule has 2 N–H and O–H groups in total. The van der Waals surface area contributed by atoms with Crippen molar-refractivity contribution < 1.29 is 14.0 Å². The Hall–Kier alpha value is -2.73. The molecule has 6 heteroatoms. The van der Waals surface area contributed by atoms with E-state index in [0.29, 0.717) is 6.54 Å². The third kappa shape index (κ3) is 5.37. The Morgan fingerprint density at radius 2 is 1.74 bits per heavy atom. The molecule has 1 saturated heterocycles. The van der Waals surface area contributed by atoms with E-state index in [2.05, 4.69) is 27.7 Å². The summed E-state index contributed by atoms with van der Waals surface area (Å²) in [4.78, 5) is 26.6.